The van der Waals surface area contributed by atoms with E-state index in [2.05, 4.69) is 15.6 Å². The van der Waals surface area contributed by atoms with Crippen LogP contribution in [0.15, 0.2) is 48.7 Å². The van der Waals surface area contributed by atoms with Gasteiger partial charge in [0, 0.05) is 31.5 Å². The van der Waals surface area contributed by atoms with Gasteiger partial charge in [-0.15, -0.1) is 0 Å². The van der Waals surface area contributed by atoms with E-state index in [0.717, 1.165) is 24.5 Å². The summed E-state index contributed by atoms with van der Waals surface area (Å²) >= 11 is 0. The third-order valence-corrected chi connectivity index (χ3v) is 4.17. The highest BCUT2D eigenvalue weighted by molar-refractivity contribution is 5.94. The van der Waals surface area contributed by atoms with Crippen molar-refractivity contribution in [1.29, 1.82) is 0 Å². The minimum Gasteiger partial charge on any atom is -0.350 e. The molecule has 120 valence electrons. The van der Waals surface area contributed by atoms with Gasteiger partial charge in [-0.1, -0.05) is 18.2 Å². The first-order valence-corrected chi connectivity index (χ1v) is 8.00. The van der Waals surface area contributed by atoms with E-state index < -0.39 is 0 Å². The monoisotopic (exact) mass is 310 g/mol. The summed E-state index contributed by atoms with van der Waals surface area (Å²) in [4.78, 5) is 18.6. The highest BCUT2D eigenvalue weighted by Gasteiger charge is 2.15. The van der Waals surface area contributed by atoms with Gasteiger partial charge in [0.05, 0.1) is 5.56 Å². The van der Waals surface area contributed by atoms with Crippen LogP contribution < -0.4 is 15.5 Å². The van der Waals surface area contributed by atoms with E-state index in [4.69, 9.17) is 0 Å². The van der Waals surface area contributed by atoms with Crippen molar-refractivity contribution in [2.75, 3.05) is 25.0 Å². The molecule has 23 heavy (non-hydrogen) atoms. The molecule has 1 fully saturated rings. The number of hydrogen-bond donors (Lipinski definition) is 2. The predicted molar refractivity (Wildman–Crippen MR) is 92.1 cm³/mol. The number of carbonyl (C=O) groups excluding carboxylic acids is 1. The van der Waals surface area contributed by atoms with Gasteiger partial charge in [0.2, 0.25) is 0 Å². The zero-order chi connectivity index (χ0) is 16.1. The lowest BCUT2D eigenvalue weighted by Gasteiger charge is -2.18. The Morgan fingerprint density at radius 2 is 2.13 bits per heavy atom. The molecular weight excluding hydrogens is 288 g/mol. The Hall–Kier alpha value is -2.40. The molecule has 0 saturated carbocycles. The summed E-state index contributed by atoms with van der Waals surface area (Å²) in [7, 11) is 1.96. The van der Waals surface area contributed by atoms with Gasteiger partial charge in [-0.2, -0.15) is 0 Å². The molecule has 1 amide bonds. The maximum atomic E-state index is 12.2. The highest BCUT2D eigenvalue weighted by atomic mass is 16.1. The summed E-state index contributed by atoms with van der Waals surface area (Å²) in [6.07, 6.45) is 3.94. The molecule has 1 aromatic heterocycles. The Kier molecular flexibility index (Phi) is 4.88. The molecule has 5 nitrogen and oxygen atoms in total. The van der Waals surface area contributed by atoms with Crippen LogP contribution in [0, 0.1) is 0 Å². The summed E-state index contributed by atoms with van der Waals surface area (Å²) in [6.45, 7) is 1.72. The molecule has 3 rings (SSSR count). The molecule has 0 radical (unpaired) electrons. The van der Waals surface area contributed by atoms with Gasteiger partial charge >= 0.3 is 0 Å². The summed E-state index contributed by atoms with van der Waals surface area (Å²) < 4.78 is 0. The number of aromatic nitrogens is 1. The number of carbonyl (C=O) groups is 1. The molecule has 2 heterocycles. The molecule has 2 N–H and O–H groups in total. The number of nitrogens with zero attached hydrogens (tertiary/aromatic N) is 2. The van der Waals surface area contributed by atoms with Gasteiger partial charge in [-0.25, -0.2) is 4.98 Å². The lowest BCUT2D eigenvalue weighted by molar-refractivity contribution is 0.0950. The fourth-order valence-corrected chi connectivity index (χ4v) is 2.75. The number of benzene rings is 1. The number of anilines is 2. The summed E-state index contributed by atoms with van der Waals surface area (Å²) in [5, 5.41) is 6.33. The largest absolute Gasteiger partial charge is 0.350 e. The first-order valence-electron chi connectivity index (χ1n) is 8.00. The van der Waals surface area contributed by atoms with Crippen LogP contribution in [0.1, 0.15) is 23.2 Å². The minimum absolute atomic E-state index is 0.0693. The van der Waals surface area contributed by atoms with Crippen molar-refractivity contribution in [3.05, 3.63) is 54.2 Å². The van der Waals surface area contributed by atoms with Gasteiger partial charge in [0.1, 0.15) is 5.82 Å². The van der Waals surface area contributed by atoms with Crippen molar-refractivity contribution in [3.63, 3.8) is 0 Å². The number of pyridine rings is 1. The molecule has 1 aliphatic rings. The Bertz CT molecular complexity index is 636. The second kappa shape index (κ2) is 7.24. The molecule has 1 aliphatic heterocycles. The normalized spacial score (nSPS) is 17.0. The number of para-hydroxylation sites is 1. The van der Waals surface area contributed by atoms with Gasteiger partial charge < -0.3 is 15.5 Å². The van der Waals surface area contributed by atoms with Gasteiger partial charge in [0.15, 0.2) is 0 Å². The van der Waals surface area contributed by atoms with E-state index in [-0.39, 0.29) is 5.91 Å². The Labute approximate surface area is 136 Å². The second-order valence-corrected chi connectivity index (χ2v) is 5.80. The molecule has 0 spiro atoms. The van der Waals surface area contributed by atoms with Crippen molar-refractivity contribution in [3.8, 4) is 0 Å². The Morgan fingerprint density at radius 3 is 2.78 bits per heavy atom. The molecule has 1 aromatic carbocycles. The van der Waals surface area contributed by atoms with Crippen molar-refractivity contribution in [2.24, 2.45) is 0 Å². The van der Waals surface area contributed by atoms with Crippen LogP contribution in [0.4, 0.5) is 11.5 Å². The van der Waals surface area contributed by atoms with Crippen LogP contribution in [0.5, 0.6) is 0 Å². The molecule has 1 saturated heterocycles. The van der Waals surface area contributed by atoms with Crippen LogP contribution >= 0.6 is 0 Å². The van der Waals surface area contributed by atoms with E-state index in [1.165, 1.54) is 6.42 Å². The van der Waals surface area contributed by atoms with Crippen molar-refractivity contribution in [2.45, 2.75) is 18.9 Å². The van der Waals surface area contributed by atoms with E-state index in [9.17, 15) is 4.79 Å². The maximum Gasteiger partial charge on any atom is 0.252 e. The zero-order valence-corrected chi connectivity index (χ0v) is 13.3. The fraction of sp³-hybridized carbons (Fsp3) is 0.333. The summed E-state index contributed by atoms with van der Waals surface area (Å²) in [6, 6.07) is 14.1. The molecular formula is C18H22N4O. The molecule has 1 atom stereocenters. The van der Waals surface area contributed by atoms with E-state index in [1.54, 1.807) is 6.20 Å². The topological polar surface area (TPSA) is 57.3 Å². The second-order valence-electron chi connectivity index (χ2n) is 5.80. The standard InChI is InChI=1S/C18H22N4O/c1-22(16-7-3-2-4-8-16)17-10-9-14(12-20-17)18(23)21-13-15-6-5-11-19-15/h2-4,7-10,12,15,19H,5-6,11,13H2,1H3,(H,21,23). The van der Waals surface area contributed by atoms with Gasteiger partial charge in [0.25, 0.3) is 5.91 Å². The molecule has 0 aliphatic carbocycles. The lowest BCUT2D eigenvalue weighted by atomic mass is 10.2. The maximum absolute atomic E-state index is 12.2. The fourth-order valence-electron chi connectivity index (χ4n) is 2.75. The first-order chi connectivity index (χ1) is 11.2. The molecule has 1 unspecified atom stereocenters. The van der Waals surface area contributed by atoms with Crippen LogP contribution in [0.3, 0.4) is 0 Å². The zero-order valence-electron chi connectivity index (χ0n) is 13.3. The van der Waals surface area contributed by atoms with Crippen LogP contribution in [-0.4, -0.2) is 37.1 Å². The Morgan fingerprint density at radius 1 is 1.30 bits per heavy atom. The highest BCUT2D eigenvalue weighted by Crippen LogP contribution is 2.20. The van der Waals surface area contributed by atoms with Gasteiger partial charge in [-0.3, -0.25) is 4.79 Å². The van der Waals surface area contributed by atoms with Crippen molar-refractivity contribution in [1.82, 2.24) is 15.6 Å². The van der Waals surface area contributed by atoms with Crippen LogP contribution in [0.25, 0.3) is 0 Å². The first kappa shape index (κ1) is 15.5. The molecule has 0 bridgehead atoms. The van der Waals surface area contributed by atoms with Crippen molar-refractivity contribution >= 4 is 17.4 Å². The van der Waals surface area contributed by atoms with Crippen LogP contribution in [-0.2, 0) is 0 Å². The lowest BCUT2D eigenvalue weighted by Crippen LogP contribution is -2.37. The third-order valence-electron chi connectivity index (χ3n) is 4.17. The average molecular weight is 310 g/mol. The number of rotatable bonds is 5. The SMILES string of the molecule is CN(c1ccccc1)c1ccc(C(=O)NCC2CCCN2)cn1. The number of amides is 1. The molecule has 5 heteroatoms. The van der Waals surface area contributed by atoms with E-state index in [1.807, 2.05) is 54.4 Å². The number of nitrogens with one attached hydrogen (secondary N) is 2. The van der Waals surface area contributed by atoms with E-state index >= 15 is 0 Å². The third kappa shape index (κ3) is 3.87. The Balaban J connectivity index is 1.61. The van der Waals surface area contributed by atoms with Crippen molar-refractivity contribution < 1.29 is 4.79 Å². The predicted octanol–water partition coefficient (Wildman–Crippen LogP) is 2.33. The number of hydrogen-bond acceptors (Lipinski definition) is 4. The van der Waals surface area contributed by atoms with Gasteiger partial charge in [-0.05, 0) is 43.7 Å². The quantitative estimate of drug-likeness (QED) is 0.890. The average Bonchev–Trinajstić information content (AvgIpc) is 3.13. The molecule has 2 aromatic rings. The van der Waals surface area contributed by atoms with Crippen LogP contribution in [0.2, 0.25) is 0 Å². The smallest absolute Gasteiger partial charge is 0.252 e. The summed E-state index contributed by atoms with van der Waals surface area (Å²) in [5.74, 6) is 0.741. The summed E-state index contributed by atoms with van der Waals surface area (Å²) in [5.41, 5.74) is 1.65. The van der Waals surface area contributed by atoms with E-state index in [0.29, 0.717) is 18.2 Å². The minimum atomic E-state index is -0.0693.